The second kappa shape index (κ2) is 9.13. The average Bonchev–Trinajstić information content (AvgIpc) is 2.79. The number of carbonyl (C=O) groups excluding carboxylic acids is 1. The van der Waals surface area contributed by atoms with E-state index in [0.29, 0.717) is 17.1 Å². The summed E-state index contributed by atoms with van der Waals surface area (Å²) in [6.45, 7) is -0.0524. The second-order valence-corrected chi connectivity index (χ2v) is 8.82. The molecule has 4 aromatic rings. The number of amides is 1. The van der Waals surface area contributed by atoms with Crippen LogP contribution in [0, 0.1) is 0 Å². The highest BCUT2D eigenvalue weighted by molar-refractivity contribution is 7.89. The van der Waals surface area contributed by atoms with Crippen LogP contribution in [-0.2, 0) is 14.8 Å². The summed E-state index contributed by atoms with van der Waals surface area (Å²) in [4.78, 5) is 20.7. The van der Waals surface area contributed by atoms with E-state index < -0.39 is 10.0 Å². The third-order valence-electron chi connectivity index (χ3n) is 4.72. The van der Waals surface area contributed by atoms with Gasteiger partial charge >= 0.3 is 0 Å². The van der Waals surface area contributed by atoms with Crippen LogP contribution in [0.3, 0.4) is 0 Å². The van der Waals surface area contributed by atoms with Crippen molar-refractivity contribution in [3.05, 3.63) is 79.1 Å². The van der Waals surface area contributed by atoms with Gasteiger partial charge in [-0.1, -0.05) is 42.5 Å². The fourth-order valence-corrected chi connectivity index (χ4v) is 4.19. The molecule has 0 bridgehead atoms. The van der Waals surface area contributed by atoms with E-state index in [-0.39, 0.29) is 29.5 Å². The van der Waals surface area contributed by atoms with Crippen LogP contribution in [0.1, 0.15) is 6.42 Å². The van der Waals surface area contributed by atoms with E-state index in [1.165, 1.54) is 24.5 Å². The van der Waals surface area contributed by atoms with Crippen LogP contribution in [0.5, 0.6) is 5.75 Å². The highest BCUT2D eigenvalue weighted by Gasteiger charge is 2.15. The molecule has 0 saturated heterocycles. The quantitative estimate of drug-likeness (QED) is 0.399. The number of anilines is 1. The van der Waals surface area contributed by atoms with E-state index in [9.17, 15) is 18.3 Å². The van der Waals surface area contributed by atoms with Gasteiger partial charge in [-0.15, -0.1) is 0 Å². The molecule has 0 fully saturated rings. The van der Waals surface area contributed by atoms with Gasteiger partial charge in [0.15, 0.2) is 5.82 Å². The van der Waals surface area contributed by atoms with Crippen molar-refractivity contribution in [1.82, 2.24) is 14.7 Å². The van der Waals surface area contributed by atoms with Gasteiger partial charge in [-0.25, -0.2) is 23.1 Å². The number of phenols is 1. The molecule has 1 heterocycles. The zero-order valence-electron chi connectivity index (χ0n) is 16.9. The first-order chi connectivity index (χ1) is 15.4. The molecule has 1 amide bonds. The van der Waals surface area contributed by atoms with Crippen molar-refractivity contribution in [2.45, 2.75) is 11.3 Å². The summed E-state index contributed by atoms with van der Waals surface area (Å²) >= 11 is 0. The predicted molar refractivity (Wildman–Crippen MR) is 122 cm³/mol. The molecule has 0 aliphatic carbocycles. The molecule has 0 spiro atoms. The Labute approximate surface area is 185 Å². The smallest absolute Gasteiger partial charge is 0.240 e. The van der Waals surface area contributed by atoms with Crippen molar-refractivity contribution >= 4 is 32.4 Å². The molecule has 0 aliphatic heterocycles. The molecule has 0 unspecified atom stereocenters. The molecular weight excluding hydrogens is 428 g/mol. The van der Waals surface area contributed by atoms with Crippen LogP contribution in [0.2, 0.25) is 0 Å². The third kappa shape index (κ3) is 5.08. The van der Waals surface area contributed by atoms with Crippen molar-refractivity contribution in [1.29, 1.82) is 0 Å². The Bertz CT molecular complexity index is 1370. The number of aromatic hydroxyl groups is 1. The third-order valence-corrected chi connectivity index (χ3v) is 6.17. The van der Waals surface area contributed by atoms with E-state index in [4.69, 9.17) is 0 Å². The van der Waals surface area contributed by atoms with E-state index in [2.05, 4.69) is 20.0 Å². The highest BCUT2D eigenvalue weighted by atomic mass is 32.2. The molecule has 3 N–H and O–H groups in total. The van der Waals surface area contributed by atoms with Crippen LogP contribution in [0.15, 0.2) is 84.0 Å². The monoisotopic (exact) mass is 448 g/mol. The number of aromatic nitrogens is 2. The Kier molecular flexibility index (Phi) is 6.11. The van der Waals surface area contributed by atoms with E-state index in [0.717, 1.165) is 10.8 Å². The Morgan fingerprint density at radius 1 is 0.906 bits per heavy atom. The summed E-state index contributed by atoms with van der Waals surface area (Å²) in [5, 5.41) is 13.9. The number of hydrogen-bond donors (Lipinski definition) is 3. The molecule has 9 heteroatoms. The minimum atomic E-state index is -3.74. The van der Waals surface area contributed by atoms with E-state index in [1.54, 1.807) is 30.3 Å². The predicted octanol–water partition coefficient (Wildman–Crippen LogP) is 3.31. The van der Waals surface area contributed by atoms with Gasteiger partial charge in [-0.05, 0) is 35.0 Å². The number of rotatable bonds is 7. The van der Waals surface area contributed by atoms with Gasteiger partial charge in [-0.2, -0.15) is 0 Å². The van der Waals surface area contributed by atoms with Crippen LogP contribution < -0.4 is 10.0 Å². The van der Waals surface area contributed by atoms with Crippen molar-refractivity contribution in [3.8, 4) is 17.1 Å². The zero-order chi connectivity index (χ0) is 22.6. The molecule has 0 aliphatic rings. The number of nitrogens with zero attached hydrogens (tertiary/aromatic N) is 2. The van der Waals surface area contributed by atoms with Crippen molar-refractivity contribution in [2.24, 2.45) is 0 Å². The summed E-state index contributed by atoms with van der Waals surface area (Å²) in [7, 11) is -3.74. The molecule has 8 nitrogen and oxygen atoms in total. The topological polar surface area (TPSA) is 121 Å². The Hall–Kier alpha value is -3.82. The SMILES string of the molecule is O=C(CCNS(=O)(=O)c1ccc2ccccc2c1)Nc1cnc(-c2cccc(O)c2)nc1. The van der Waals surface area contributed by atoms with Crippen molar-refractivity contribution < 1.29 is 18.3 Å². The summed E-state index contributed by atoms with van der Waals surface area (Å²) in [5.41, 5.74) is 1.03. The normalized spacial score (nSPS) is 11.4. The molecule has 1 aromatic heterocycles. The molecule has 0 saturated carbocycles. The van der Waals surface area contributed by atoms with Crippen LogP contribution in [0.25, 0.3) is 22.2 Å². The second-order valence-electron chi connectivity index (χ2n) is 7.05. The molecule has 0 atom stereocenters. The zero-order valence-corrected chi connectivity index (χ0v) is 17.7. The lowest BCUT2D eigenvalue weighted by Gasteiger charge is -2.09. The summed E-state index contributed by atoms with van der Waals surface area (Å²) in [6.07, 6.45) is 2.84. The lowest BCUT2D eigenvalue weighted by molar-refractivity contribution is -0.116. The maximum atomic E-state index is 12.5. The van der Waals surface area contributed by atoms with Gasteiger partial charge in [-0.3, -0.25) is 4.79 Å². The Morgan fingerprint density at radius 2 is 1.66 bits per heavy atom. The molecule has 4 rings (SSSR count). The average molecular weight is 449 g/mol. The first-order valence-corrected chi connectivity index (χ1v) is 11.3. The van der Waals surface area contributed by atoms with Gasteiger partial charge in [0.2, 0.25) is 15.9 Å². The molecule has 0 radical (unpaired) electrons. The fraction of sp³-hybridized carbons (Fsp3) is 0.0870. The number of fused-ring (bicyclic) bond motifs is 1. The standard InChI is InChI=1S/C23H20N4O4S/c28-20-7-3-6-18(12-20)23-24-14-19(15-25-23)27-22(29)10-11-26-32(30,31)21-9-8-16-4-1-2-5-17(16)13-21/h1-9,12-15,26,28H,10-11H2,(H,27,29). The van der Waals surface area contributed by atoms with E-state index in [1.807, 2.05) is 24.3 Å². The fourth-order valence-electron chi connectivity index (χ4n) is 3.13. The molecule has 3 aromatic carbocycles. The lowest BCUT2D eigenvalue weighted by Crippen LogP contribution is -2.27. The van der Waals surface area contributed by atoms with E-state index >= 15 is 0 Å². The Morgan fingerprint density at radius 3 is 2.41 bits per heavy atom. The number of hydrogen-bond acceptors (Lipinski definition) is 6. The first-order valence-electron chi connectivity index (χ1n) is 9.80. The lowest BCUT2D eigenvalue weighted by atomic mass is 10.1. The maximum Gasteiger partial charge on any atom is 0.240 e. The largest absolute Gasteiger partial charge is 0.508 e. The minimum absolute atomic E-state index is 0.0524. The summed E-state index contributed by atoms with van der Waals surface area (Å²) < 4.78 is 27.5. The van der Waals surface area contributed by atoms with Crippen LogP contribution in [0.4, 0.5) is 5.69 Å². The molecular formula is C23H20N4O4S. The molecule has 162 valence electrons. The first kappa shape index (κ1) is 21.4. The van der Waals surface area contributed by atoms with Gasteiger partial charge in [0.1, 0.15) is 5.75 Å². The van der Waals surface area contributed by atoms with Crippen molar-refractivity contribution in [2.75, 3.05) is 11.9 Å². The summed E-state index contributed by atoms with van der Waals surface area (Å²) in [6, 6.07) is 18.9. The van der Waals surface area contributed by atoms with Crippen molar-refractivity contribution in [3.63, 3.8) is 0 Å². The maximum absolute atomic E-state index is 12.5. The number of phenolic OH excluding ortho intramolecular Hbond substituents is 1. The van der Waals surface area contributed by atoms with Gasteiger partial charge in [0, 0.05) is 18.5 Å². The van der Waals surface area contributed by atoms with Crippen LogP contribution >= 0.6 is 0 Å². The molecule has 32 heavy (non-hydrogen) atoms. The van der Waals surface area contributed by atoms with Crippen LogP contribution in [-0.4, -0.2) is 35.9 Å². The van der Waals surface area contributed by atoms with Gasteiger partial charge < -0.3 is 10.4 Å². The number of carbonyl (C=O) groups is 1. The summed E-state index contributed by atoms with van der Waals surface area (Å²) in [5.74, 6) is 0.136. The number of nitrogens with one attached hydrogen (secondary N) is 2. The van der Waals surface area contributed by atoms with Gasteiger partial charge in [0.25, 0.3) is 0 Å². The Balaban J connectivity index is 1.32. The highest BCUT2D eigenvalue weighted by Crippen LogP contribution is 2.21. The van der Waals surface area contributed by atoms with Gasteiger partial charge in [0.05, 0.1) is 23.0 Å². The minimum Gasteiger partial charge on any atom is -0.508 e. The number of benzene rings is 3. The number of sulfonamides is 1.